The van der Waals surface area contributed by atoms with Gasteiger partial charge >= 0.3 is 6.09 Å². The first-order valence-electron chi connectivity index (χ1n) is 6.84. The Morgan fingerprint density at radius 1 is 1.47 bits per heavy atom. The average molecular weight is 270 g/mol. The maximum Gasteiger partial charge on any atom is 0.410 e. The molecule has 1 saturated heterocycles. The number of hydrogen-bond acceptors (Lipinski definition) is 4. The number of ketones is 1. The van der Waals surface area contributed by atoms with E-state index < -0.39 is 5.60 Å². The molecule has 1 aliphatic rings. The van der Waals surface area contributed by atoms with Gasteiger partial charge in [0.1, 0.15) is 5.60 Å². The van der Waals surface area contributed by atoms with E-state index in [4.69, 9.17) is 4.74 Å². The van der Waals surface area contributed by atoms with Crippen LogP contribution in [0.25, 0.3) is 0 Å². The van der Waals surface area contributed by atoms with E-state index in [1.165, 1.54) is 4.90 Å². The Labute approximate surface area is 115 Å². The van der Waals surface area contributed by atoms with Crippen molar-refractivity contribution in [3.05, 3.63) is 0 Å². The fraction of sp³-hybridized carbons (Fsp3) is 0.857. The van der Waals surface area contributed by atoms with Gasteiger partial charge in [-0.2, -0.15) is 0 Å². The Kier molecular flexibility index (Phi) is 5.35. The predicted octanol–water partition coefficient (Wildman–Crippen LogP) is 1.76. The molecule has 0 aromatic heterocycles. The molecule has 19 heavy (non-hydrogen) atoms. The van der Waals surface area contributed by atoms with Crippen LogP contribution in [0.1, 0.15) is 33.6 Å². The first kappa shape index (κ1) is 16.0. The smallest absolute Gasteiger partial charge is 0.410 e. The number of ether oxygens (including phenoxy) is 1. The molecule has 0 spiro atoms. The normalized spacial score (nSPS) is 20.8. The molecular formula is C14H26N2O3. The molecule has 1 amide bonds. The van der Waals surface area contributed by atoms with Crippen molar-refractivity contribution in [2.24, 2.45) is 5.92 Å². The predicted molar refractivity (Wildman–Crippen MR) is 74.1 cm³/mol. The fourth-order valence-electron chi connectivity index (χ4n) is 2.16. The van der Waals surface area contributed by atoms with Gasteiger partial charge in [0.05, 0.1) is 6.54 Å². The summed E-state index contributed by atoms with van der Waals surface area (Å²) in [5, 5.41) is 0. The molecule has 0 aromatic rings. The third-order valence-electron chi connectivity index (χ3n) is 3.26. The van der Waals surface area contributed by atoms with Crippen LogP contribution < -0.4 is 0 Å². The summed E-state index contributed by atoms with van der Waals surface area (Å²) < 4.78 is 5.53. The van der Waals surface area contributed by atoms with E-state index in [-0.39, 0.29) is 24.3 Å². The van der Waals surface area contributed by atoms with E-state index in [2.05, 4.69) is 4.90 Å². The van der Waals surface area contributed by atoms with Crippen LogP contribution in [-0.4, -0.2) is 61.0 Å². The highest BCUT2D eigenvalue weighted by Crippen LogP contribution is 2.19. The highest BCUT2D eigenvalue weighted by Gasteiger charge is 2.31. The van der Waals surface area contributed by atoms with Gasteiger partial charge in [0.15, 0.2) is 5.78 Å². The van der Waals surface area contributed by atoms with Gasteiger partial charge in [0.2, 0.25) is 0 Å². The van der Waals surface area contributed by atoms with Gasteiger partial charge < -0.3 is 14.5 Å². The summed E-state index contributed by atoms with van der Waals surface area (Å²) in [6.45, 7) is 7.44. The second-order valence-corrected chi connectivity index (χ2v) is 6.41. The molecule has 110 valence electrons. The molecular weight excluding hydrogens is 244 g/mol. The molecule has 1 rings (SSSR count). The lowest BCUT2D eigenvalue weighted by Crippen LogP contribution is -2.46. The first-order chi connectivity index (χ1) is 8.69. The van der Waals surface area contributed by atoms with Gasteiger partial charge in [-0.25, -0.2) is 4.79 Å². The zero-order valence-corrected chi connectivity index (χ0v) is 12.7. The summed E-state index contributed by atoms with van der Waals surface area (Å²) in [4.78, 5) is 27.2. The molecule has 0 bridgehead atoms. The minimum atomic E-state index is -0.509. The van der Waals surface area contributed by atoms with Gasteiger partial charge in [0, 0.05) is 19.5 Å². The number of carbonyl (C=O) groups is 2. The number of carbonyl (C=O) groups excluding carboxylic acids is 2. The minimum absolute atomic E-state index is 0.113. The van der Waals surface area contributed by atoms with Crippen LogP contribution in [0.4, 0.5) is 4.79 Å². The molecule has 0 saturated carbocycles. The molecule has 1 atom stereocenters. The van der Waals surface area contributed by atoms with E-state index in [1.807, 2.05) is 34.9 Å². The van der Waals surface area contributed by atoms with Crippen LogP contribution in [0.15, 0.2) is 0 Å². The molecule has 0 aliphatic carbocycles. The third-order valence-corrected chi connectivity index (χ3v) is 3.26. The van der Waals surface area contributed by atoms with Gasteiger partial charge in [0.25, 0.3) is 0 Å². The summed E-state index contributed by atoms with van der Waals surface area (Å²) in [6.07, 6.45) is 0.959. The SMILES string of the molecule is C[C@@H]1CC(=O)CN(C(=O)OC(C)(C)CCN(C)C)C1. The van der Waals surface area contributed by atoms with E-state index in [1.54, 1.807) is 0 Å². The molecule has 5 heteroatoms. The second-order valence-electron chi connectivity index (χ2n) is 6.41. The standard InChI is InChI=1S/C14H26N2O3/c1-11-8-12(17)10-16(9-11)13(18)19-14(2,3)6-7-15(4)5/h11H,6-10H2,1-5H3/t11-/m1/s1. The van der Waals surface area contributed by atoms with Crippen molar-refractivity contribution in [2.75, 3.05) is 33.7 Å². The molecule has 1 fully saturated rings. The quantitative estimate of drug-likeness (QED) is 0.781. The zero-order chi connectivity index (χ0) is 14.6. The Morgan fingerprint density at radius 3 is 2.63 bits per heavy atom. The molecule has 0 unspecified atom stereocenters. The highest BCUT2D eigenvalue weighted by atomic mass is 16.6. The Balaban J connectivity index is 2.51. The van der Waals surface area contributed by atoms with Crippen LogP contribution in [-0.2, 0) is 9.53 Å². The molecule has 5 nitrogen and oxygen atoms in total. The summed E-state index contributed by atoms with van der Waals surface area (Å²) in [6, 6.07) is 0. The van der Waals surface area contributed by atoms with Crippen molar-refractivity contribution in [3.63, 3.8) is 0 Å². The van der Waals surface area contributed by atoms with E-state index in [9.17, 15) is 9.59 Å². The average Bonchev–Trinajstić information content (AvgIpc) is 2.24. The Bertz CT molecular complexity index is 340. The van der Waals surface area contributed by atoms with Crippen molar-refractivity contribution >= 4 is 11.9 Å². The van der Waals surface area contributed by atoms with Gasteiger partial charge in [-0.3, -0.25) is 4.79 Å². The summed E-state index contributed by atoms with van der Waals surface area (Å²) >= 11 is 0. The zero-order valence-electron chi connectivity index (χ0n) is 12.7. The van der Waals surface area contributed by atoms with E-state index >= 15 is 0 Å². The Hall–Kier alpha value is -1.10. The van der Waals surface area contributed by atoms with Crippen LogP contribution in [0.2, 0.25) is 0 Å². The van der Waals surface area contributed by atoms with Gasteiger partial charge in [-0.15, -0.1) is 0 Å². The second kappa shape index (κ2) is 6.37. The Morgan fingerprint density at radius 2 is 2.11 bits per heavy atom. The number of amides is 1. The summed E-state index contributed by atoms with van der Waals surface area (Å²) in [5.74, 6) is 0.334. The van der Waals surface area contributed by atoms with Crippen molar-refractivity contribution in [3.8, 4) is 0 Å². The monoisotopic (exact) mass is 270 g/mol. The molecule has 1 heterocycles. The number of hydrogen-bond donors (Lipinski definition) is 0. The molecule has 0 aromatic carbocycles. The summed E-state index contributed by atoms with van der Waals surface area (Å²) in [5.41, 5.74) is -0.509. The van der Waals surface area contributed by atoms with Crippen LogP contribution in [0, 0.1) is 5.92 Å². The summed E-state index contributed by atoms with van der Waals surface area (Å²) in [7, 11) is 3.98. The lowest BCUT2D eigenvalue weighted by molar-refractivity contribution is -0.123. The number of likely N-dealkylation sites (tertiary alicyclic amines) is 1. The van der Waals surface area contributed by atoms with E-state index in [0.717, 1.165) is 13.0 Å². The molecule has 0 N–H and O–H groups in total. The van der Waals surface area contributed by atoms with Crippen LogP contribution >= 0.6 is 0 Å². The van der Waals surface area contributed by atoms with Gasteiger partial charge in [-0.1, -0.05) is 6.92 Å². The topological polar surface area (TPSA) is 49.9 Å². The molecule has 1 aliphatic heterocycles. The fourth-order valence-corrected chi connectivity index (χ4v) is 2.16. The lowest BCUT2D eigenvalue weighted by Gasteiger charge is -2.33. The highest BCUT2D eigenvalue weighted by molar-refractivity contribution is 5.85. The maximum absolute atomic E-state index is 12.1. The van der Waals surface area contributed by atoms with Crippen LogP contribution in [0.5, 0.6) is 0 Å². The first-order valence-corrected chi connectivity index (χ1v) is 6.84. The van der Waals surface area contributed by atoms with Crippen molar-refractivity contribution < 1.29 is 14.3 Å². The largest absolute Gasteiger partial charge is 0.443 e. The minimum Gasteiger partial charge on any atom is -0.443 e. The molecule has 0 radical (unpaired) electrons. The number of rotatable bonds is 4. The van der Waals surface area contributed by atoms with Crippen molar-refractivity contribution in [2.45, 2.75) is 39.2 Å². The van der Waals surface area contributed by atoms with Crippen molar-refractivity contribution in [1.82, 2.24) is 9.80 Å². The van der Waals surface area contributed by atoms with Crippen LogP contribution in [0.3, 0.4) is 0 Å². The lowest BCUT2D eigenvalue weighted by atomic mass is 10.00. The van der Waals surface area contributed by atoms with Crippen molar-refractivity contribution in [1.29, 1.82) is 0 Å². The number of nitrogens with zero attached hydrogens (tertiary/aromatic N) is 2. The third kappa shape index (κ3) is 5.59. The number of Topliss-reactive ketones (excluding diaryl/α,β-unsaturated/α-hetero) is 1. The van der Waals surface area contributed by atoms with E-state index in [0.29, 0.717) is 13.0 Å². The van der Waals surface area contributed by atoms with Gasteiger partial charge in [-0.05, 0) is 40.3 Å². The number of piperidine rings is 1. The maximum atomic E-state index is 12.1.